The summed E-state index contributed by atoms with van der Waals surface area (Å²) in [7, 11) is 0. The van der Waals surface area contributed by atoms with E-state index >= 15 is 0 Å². The summed E-state index contributed by atoms with van der Waals surface area (Å²) < 4.78 is 6.59. The second kappa shape index (κ2) is 7.94. The molecule has 2 fully saturated rings. The van der Waals surface area contributed by atoms with Crippen LogP contribution >= 0.6 is 23.5 Å². The number of rotatable bonds is 6. The van der Waals surface area contributed by atoms with Crippen LogP contribution in [0.4, 0.5) is 0 Å². The quantitative estimate of drug-likeness (QED) is 0.541. The average Bonchev–Trinajstić information content (AvgIpc) is 2.44. The standard InChI is InChI=1S/C15H26O2S2/c1-2-3-4-6-14-15(18-11-5-12-19-15)9-7-13(17-14)8-10-16/h10,13-14H,2-9,11-12H2,1H3/t13-,14-/m1/s1. The van der Waals surface area contributed by atoms with Gasteiger partial charge in [-0.15, -0.1) is 23.5 Å². The first-order valence-electron chi connectivity index (χ1n) is 7.68. The predicted molar refractivity (Wildman–Crippen MR) is 85.0 cm³/mol. The predicted octanol–water partition coefficient (Wildman–Crippen LogP) is 4.27. The summed E-state index contributed by atoms with van der Waals surface area (Å²) in [6.45, 7) is 2.25. The Hall–Kier alpha value is 0.330. The van der Waals surface area contributed by atoms with E-state index in [1.165, 1.54) is 50.0 Å². The minimum atomic E-state index is 0.179. The van der Waals surface area contributed by atoms with Gasteiger partial charge in [-0.1, -0.05) is 26.2 Å². The fourth-order valence-corrected chi connectivity index (χ4v) is 6.52. The minimum absolute atomic E-state index is 0.179. The van der Waals surface area contributed by atoms with Crippen molar-refractivity contribution in [2.45, 2.75) is 74.6 Å². The van der Waals surface area contributed by atoms with Gasteiger partial charge < -0.3 is 9.53 Å². The van der Waals surface area contributed by atoms with Crippen molar-refractivity contribution in [3.8, 4) is 0 Å². The zero-order chi connectivity index (χ0) is 13.6. The lowest BCUT2D eigenvalue weighted by Crippen LogP contribution is -2.47. The first kappa shape index (κ1) is 15.7. The van der Waals surface area contributed by atoms with Gasteiger partial charge in [0.05, 0.1) is 16.3 Å². The number of hydrogen-bond donors (Lipinski definition) is 0. The van der Waals surface area contributed by atoms with Crippen molar-refractivity contribution in [2.75, 3.05) is 11.5 Å². The highest BCUT2D eigenvalue weighted by molar-refractivity contribution is 8.18. The molecule has 19 heavy (non-hydrogen) atoms. The van der Waals surface area contributed by atoms with E-state index in [-0.39, 0.29) is 6.10 Å². The van der Waals surface area contributed by atoms with Crippen LogP contribution in [0.1, 0.15) is 58.3 Å². The van der Waals surface area contributed by atoms with Gasteiger partial charge >= 0.3 is 0 Å². The highest BCUT2D eigenvalue weighted by atomic mass is 32.2. The molecule has 0 aromatic heterocycles. The smallest absolute Gasteiger partial charge is 0.122 e. The van der Waals surface area contributed by atoms with Crippen LogP contribution in [0, 0.1) is 0 Å². The third kappa shape index (κ3) is 4.15. The summed E-state index contributed by atoms with van der Waals surface area (Å²) in [4.78, 5) is 10.7. The molecule has 2 saturated heterocycles. The van der Waals surface area contributed by atoms with Gasteiger partial charge in [0.1, 0.15) is 6.29 Å². The van der Waals surface area contributed by atoms with Gasteiger partial charge in [-0.05, 0) is 37.2 Å². The molecule has 0 radical (unpaired) electrons. The molecule has 2 aliphatic rings. The third-order valence-corrected chi connectivity index (χ3v) is 7.68. The molecule has 2 rings (SSSR count). The molecule has 0 amide bonds. The number of ether oxygens (including phenoxy) is 1. The number of carbonyl (C=O) groups is 1. The molecule has 2 nitrogen and oxygen atoms in total. The van der Waals surface area contributed by atoms with E-state index in [0.717, 1.165) is 12.7 Å². The van der Waals surface area contributed by atoms with E-state index in [1.54, 1.807) is 0 Å². The maximum absolute atomic E-state index is 10.7. The lowest BCUT2D eigenvalue weighted by atomic mass is 9.97. The van der Waals surface area contributed by atoms with Crippen LogP contribution < -0.4 is 0 Å². The molecule has 2 atom stereocenters. The summed E-state index contributed by atoms with van der Waals surface area (Å²) >= 11 is 4.24. The number of thioether (sulfide) groups is 2. The van der Waals surface area contributed by atoms with Gasteiger partial charge in [0.15, 0.2) is 0 Å². The van der Waals surface area contributed by atoms with Crippen LogP contribution in [0.2, 0.25) is 0 Å². The Bertz CT molecular complexity index is 277. The molecule has 0 bridgehead atoms. The second-order valence-corrected chi connectivity index (χ2v) is 8.66. The average molecular weight is 303 g/mol. The highest BCUT2D eigenvalue weighted by Crippen LogP contribution is 2.53. The molecule has 1 spiro atoms. The van der Waals surface area contributed by atoms with Gasteiger partial charge in [0.25, 0.3) is 0 Å². The van der Waals surface area contributed by atoms with E-state index in [0.29, 0.717) is 16.6 Å². The Morgan fingerprint density at radius 1 is 1.32 bits per heavy atom. The van der Waals surface area contributed by atoms with Crippen LogP contribution in [0.3, 0.4) is 0 Å². The van der Waals surface area contributed by atoms with E-state index < -0.39 is 0 Å². The molecule has 110 valence electrons. The fraction of sp³-hybridized carbons (Fsp3) is 0.933. The first-order valence-corrected chi connectivity index (χ1v) is 9.65. The molecule has 4 heteroatoms. The Morgan fingerprint density at radius 3 is 2.79 bits per heavy atom. The summed E-state index contributed by atoms with van der Waals surface area (Å²) in [5.41, 5.74) is 0. The summed E-state index contributed by atoms with van der Waals surface area (Å²) in [5.74, 6) is 2.55. The molecule has 2 heterocycles. The number of carbonyl (C=O) groups excluding carboxylic acids is 1. The molecule has 2 aliphatic heterocycles. The van der Waals surface area contributed by atoms with Crippen molar-refractivity contribution in [1.29, 1.82) is 0 Å². The van der Waals surface area contributed by atoms with Crippen molar-refractivity contribution in [1.82, 2.24) is 0 Å². The summed E-state index contributed by atoms with van der Waals surface area (Å²) in [6.07, 6.45) is 10.7. The van der Waals surface area contributed by atoms with Gasteiger partial charge in [-0.3, -0.25) is 0 Å². The molecule has 0 unspecified atom stereocenters. The van der Waals surface area contributed by atoms with Crippen LogP contribution in [-0.4, -0.2) is 34.1 Å². The van der Waals surface area contributed by atoms with Crippen molar-refractivity contribution < 1.29 is 9.53 Å². The van der Waals surface area contributed by atoms with Gasteiger partial charge in [-0.25, -0.2) is 0 Å². The normalized spacial score (nSPS) is 30.4. The number of aldehydes is 1. The third-order valence-electron chi connectivity index (χ3n) is 4.07. The zero-order valence-electron chi connectivity index (χ0n) is 11.9. The molecule has 0 N–H and O–H groups in total. The van der Waals surface area contributed by atoms with E-state index in [4.69, 9.17) is 4.74 Å². The summed E-state index contributed by atoms with van der Waals surface area (Å²) in [5, 5.41) is 0. The van der Waals surface area contributed by atoms with Crippen LogP contribution in [0.15, 0.2) is 0 Å². The van der Waals surface area contributed by atoms with Gasteiger partial charge in [0.2, 0.25) is 0 Å². The largest absolute Gasteiger partial charge is 0.372 e. The van der Waals surface area contributed by atoms with Crippen molar-refractivity contribution in [2.24, 2.45) is 0 Å². The molecule has 0 aromatic carbocycles. The van der Waals surface area contributed by atoms with E-state index in [2.05, 4.69) is 30.4 Å². The monoisotopic (exact) mass is 302 g/mol. The topological polar surface area (TPSA) is 26.3 Å². The van der Waals surface area contributed by atoms with Crippen LogP contribution in [0.25, 0.3) is 0 Å². The SMILES string of the molecule is CCCCC[C@H]1O[C@@H](CC=O)CCC12SCCCS2. The van der Waals surface area contributed by atoms with E-state index in [9.17, 15) is 4.79 Å². The minimum Gasteiger partial charge on any atom is -0.372 e. The molecule has 0 saturated carbocycles. The van der Waals surface area contributed by atoms with Gasteiger partial charge in [-0.2, -0.15) is 0 Å². The Kier molecular flexibility index (Phi) is 6.57. The lowest BCUT2D eigenvalue weighted by molar-refractivity contribution is -0.114. The van der Waals surface area contributed by atoms with Crippen LogP contribution in [-0.2, 0) is 9.53 Å². The van der Waals surface area contributed by atoms with Crippen LogP contribution in [0.5, 0.6) is 0 Å². The Morgan fingerprint density at radius 2 is 2.11 bits per heavy atom. The van der Waals surface area contributed by atoms with Gasteiger partial charge in [0, 0.05) is 6.42 Å². The highest BCUT2D eigenvalue weighted by Gasteiger charge is 2.45. The molecular weight excluding hydrogens is 276 g/mol. The first-order chi connectivity index (χ1) is 9.30. The van der Waals surface area contributed by atoms with Crippen molar-refractivity contribution in [3.05, 3.63) is 0 Å². The number of unbranched alkanes of at least 4 members (excludes halogenated alkanes) is 2. The lowest BCUT2D eigenvalue weighted by Gasteiger charge is -2.47. The zero-order valence-corrected chi connectivity index (χ0v) is 13.6. The van der Waals surface area contributed by atoms with E-state index in [1.807, 2.05) is 0 Å². The number of hydrogen-bond acceptors (Lipinski definition) is 4. The van der Waals surface area contributed by atoms with Crippen molar-refractivity contribution in [3.63, 3.8) is 0 Å². The Balaban J connectivity index is 1.97. The molecule has 0 aromatic rings. The second-order valence-electron chi connectivity index (χ2n) is 5.55. The fourth-order valence-electron chi connectivity index (χ4n) is 3.00. The molecular formula is C15H26O2S2. The van der Waals surface area contributed by atoms with Crippen molar-refractivity contribution >= 4 is 29.8 Å². The maximum atomic E-state index is 10.7. The summed E-state index contributed by atoms with van der Waals surface area (Å²) in [6, 6.07) is 0. The maximum Gasteiger partial charge on any atom is 0.122 e. The Labute approximate surface area is 125 Å². The molecule has 0 aliphatic carbocycles.